The molecule has 0 radical (unpaired) electrons. The van der Waals surface area contributed by atoms with E-state index in [0.717, 1.165) is 23.4 Å². The van der Waals surface area contributed by atoms with Gasteiger partial charge < -0.3 is 9.88 Å². The molecule has 1 amide bonds. The maximum atomic E-state index is 12.7. The molecule has 1 N–H and O–H groups in total. The van der Waals surface area contributed by atoms with E-state index in [0.29, 0.717) is 15.9 Å². The Morgan fingerprint density at radius 1 is 1.18 bits per heavy atom. The summed E-state index contributed by atoms with van der Waals surface area (Å²) in [6.07, 6.45) is 0. The molecular formula is C20H18ClN5O2. The number of imidazole rings is 1. The van der Waals surface area contributed by atoms with Gasteiger partial charge in [-0.15, -0.1) is 0 Å². The minimum Gasteiger partial charge on any atom is -0.343 e. The summed E-state index contributed by atoms with van der Waals surface area (Å²) in [6.45, 7) is 2.93. The lowest BCUT2D eigenvalue weighted by Crippen LogP contribution is -2.32. The summed E-state index contributed by atoms with van der Waals surface area (Å²) in [6, 6.07) is 12.7. The van der Waals surface area contributed by atoms with Crippen molar-refractivity contribution in [3.8, 4) is 0 Å². The Morgan fingerprint density at radius 2 is 1.96 bits per heavy atom. The predicted octanol–water partition coefficient (Wildman–Crippen LogP) is 2.89. The number of nitrogens with zero attached hydrogens (tertiary/aromatic N) is 4. The number of hydrogen-bond acceptors (Lipinski definition) is 4. The molecule has 0 atom stereocenters. The normalized spacial score (nSPS) is 11.2. The molecule has 0 fully saturated rings. The highest BCUT2D eigenvalue weighted by atomic mass is 35.5. The summed E-state index contributed by atoms with van der Waals surface area (Å²) in [5, 5.41) is 7.70. The van der Waals surface area contributed by atoms with E-state index >= 15 is 0 Å². The Morgan fingerprint density at radius 3 is 2.75 bits per heavy atom. The number of nitrogens with one attached hydrogen (secondary N) is 1. The largest absolute Gasteiger partial charge is 0.343 e. The van der Waals surface area contributed by atoms with Crippen LogP contribution in [0.15, 0.2) is 47.3 Å². The van der Waals surface area contributed by atoms with E-state index in [1.807, 2.05) is 35.8 Å². The molecule has 28 heavy (non-hydrogen) atoms. The number of fused-ring (bicyclic) bond motifs is 2. The number of para-hydroxylation sites is 2. The molecule has 0 saturated carbocycles. The van der Waals surface area contributed by atoms with Crippen LogP contribution in [-0.4, -0.2) is 25.2 Å². The molecule has 0 aliphatic carbocycles. The van der Waals surface area contributed by atoms with E-state index in [9.17, 15) is 9.59 Å². The molecule has 8 heteroatoms. The van der Waals surface area contributed by atoms with Gasteiger partial charge in [0.2, 0.25) is 5.43 Å². The summed E-state index contributed by atoms with van der Waals surface area (Å²) >= 11 is 6.01. The van der Waals surface area contributed by atoms with Crippen LogP contribution in [0.5, 0.6) is 0 Å². The van der Waals surface area contributed by atoms with Gasteiger partial charge in [0.1, 0.15) is 5.82 Å². The lowest BCUT2D eigenvalue weighted by molar-refractivity contribution is 0.0941. The van der Waals surface area contributed by atoms with Gasteiger partial charge in [-0.1, -0.05) is 23.7 Å². The fourth-order valence-corrected chi connectivity index (χ4v) is 3.53. The number of rotatable bonds is 4. The fourth-order valence-electron chi connectivity index (χ4n) is 3.35. The average Bonchev–Trinajstić information content (AvgIpc) is 3.06. The van der Waals surface area contributed by atoms with Crippen molar-refractivity contribution < 1.29 is 4.79 Å². The minimum atomic E-state index is -0.544. The number of benzene rings is 2. The van der Waals surface area contributed by atoms with Crippen molar-refractivity contribution >= 4 is 39.4 Å². The highest BCUT2D eigenvalue weighted by molar-refractivity contribution is 6.31. The number of carbonyl (C=O) groups is 1. The zero-order valence-electron chi connectivity index (χ0n) is 15.4. The van der Waals surface area contributed by atoms with Crippen molar-refractivity contribution in [1.29, 1.82) is 0 Å². The van der Waals surface area contributed by atoms with Crippen LogP contribution in [-0.2, 0) is 20.1 Å². The van der Waals surface area contributed by atoms with Crippen LogP contribution in [0.2, 0.25) is 5.02 Å². The first kappa shape index (κ1) is 18.2. The summed E-state index contributed by atoms with van der Waals surface area (Å²) in [4.78, 5) is 30.0. The van der Waals surface area contributed by atoms with E-state index in [2.05, 4.69) is 15.4 Å². The highest BCUT2D eigenvalue weighted by Crippen LogP contribution is 2.17. The van der Waals surface area contributed by atoms with Crippen molar-refractivity contribution in [2.24, 2.45) is 7.05 Å². The third-order valence-corrected chi connectivity index (χ3v) is 4.92. The zero-order valence-corrected chi connectivity index (χ0v) is 16.2. The monoisotopic (exact) mass is 395 g/mol. The van der Waals surface area contributed by atoms with Crippen LogP contribution in [0.4, 0.5) is 0 Å². The molecule has 0 spiro atoms. The van der Waals surface area contributed by atoms with Gasteiger partial charge in [-0.3, -0.25) is 14.3 Å². The van der Waals surface area contributed by atoms with Gasteiger partial charge in [0.15, 0.2) is 5.69 Å². The number of halogens is 1. The number of aryl methyl sites for hydroxylation is 2. The number of carbonyl (C=O) groups excluding carboxylic acids is 1. The van der Waals surface area contributed by atoms with Crippen LogP contribution < -0.4 is 10.7 Å². The third kappa shape index (κ3) is 3.03. The van der Waals surface area contributed by atoms with Crippen molar-refractivity contribution in [3.63, 3.8) is 0 Å². The first-order chi connectivity index (χ1) is 13.5. The Kier molecular flexibility index (Phi) is 4.60. The molecular weight excluding hydrogens is 378 g/mol. The van der Waals surface area contributed by atoms with Gasteiger partial charge in [-0.2, -0.15) is 5.10 Å². The molecule has 2 heterocycles. The standard InChI is InChI=1S/C20H18ClN5O2/c1-3-26-16-7-5-4-6-14(16)23-17(26)11-22-20(28)18-19(27)13-10-12(21)8-9-15(13)25(2)24-18/h4-10H,3,11H2,1-2H3,(H,22,28). The van der Waals surface area contributed by atoms with Gasteiger partial charge in [0.25, 0.3) is 5.91 Å². The highest BCUT2D eigenvalue weighted by Gasteiger charge is 2.18. The molecule has 7 nitrogen and oxygen atoms in total. The van der Waals surface area contributed by atoms with Crippen LogP contribution in [0, 0.1) is 0 Å². The third-order valence-electron chi connectivity index (χ3n) is 4.69. The van der Waals surface area contributed by atoms with Crippen molar-refractivity contribution in [1.82, 2.24) is 24.6 Å². The molecule has 0 saturated heterocycles. The molecule has 2 aromatic heterocycles. The summed E-state index contributed by atoms with van der Waals surface area (Å²) in [7, 11) is 1.68. The first-order valence-corrected chi connectivity index (χ1v) is 9.26. The van der Waals surface area contributed by atoms with Crippen LogP contribution in [0.1, 0.15) is 23.2 Å². The maximum Gasteiger partial charge on any atom is 0.276 e. The van der Waals surface area contributed by atoms with Crippen LogP contribution in [0.25, 0.3) is 21.9 Å². The number of aromatic nitrogens is 4. The molecule has 142 valence electrons. The Labute approximate surface area is 165 Å². The Balaban J connectivity index is 1.66. The molecule has 0 aliphatic rings. The van der Waals surface area contributed by atoms with E-state index in [4.69, 9.17) is 11.6 Å². The second kappa shape index (κ2) is 7.09. The molecule has 2 aromatic carbocycles. The smallest absolute Gasteiger partial charge is 0.276 e. The summed E-state index contributed by atoms with van der Waals surface area (Å²) in [5.41, 5.74) is 1.86. The maximum absolute atomic E-state index is 12.7. The number of hydrogen-bond donors (Lipinski definition) is 1. The lowest BCUT2D eigenvalue weighted by atomic mass is 10.2. The van der Waals surface area contributed by atoms with E-state index in [1.54, 1.807) is 25.2 Å². The topological polar surface area (TPSA) is 81.8 Å². The van der Waals surface area contributed by atoms with E-state index in [1.165, 1.54) is 4.68 Å². The predicted molar refractivity (Wildman–Crippen MR) is 109 cm³/mol. The van der Waals surface area contributed by atoms with Crippen molar-refractivity contribution in [2.75, 3.05) is 0 Å². The van der Waals surface area contributed by atoms with E-state index in [-0.39, 0.29) is 12.2 Å². The average molecular weight is 396 g/mol. The fraction of sp³-hybridized carbons (Fsp3) is 0.200. The van der Waals surface area contributed by atoms with Gasteiger partial charge in [-0.25, -0.2) is 4.98 Å². The van der Waals surface area contributed by atoms with Gasteiger partial charge in [-0.05, 0) is 37.3 Å². The van der Waals surface area contributed by atoms with Gasteiger partial charge in [0, 0.05) is 18.6 Å². The molecule has 0 bridgehead atoms. The quantitative estimate of drug-likeness (QED) is 0.576. The van der Waals surface area contributed by atoms with Crippen LogP contribution in [0.3, 0.4) is 0 Å². The van der Waals surface area contributed by atoms with Gasteiger partial charge in [0.05, 0.1) is 28.5 Å². The van der Waals surface area contributed by atoms with Crippen LogP contribution >= 0.6 is 11.6 Å². The van der Waals surface area contributed by atoms with Crippen molar-refractivity contribution in [2.45, 2.75) is 20.0 Å². The summed E-state index contributed by atoms with van der Waals surface area (Å²) < 4.78 is 3.53. The van der Waals surface area contributed by atoms with Crippen molar-refractivity contribution in [3.05, 3.63) is 69.2 Å². The SMILES string of the molecule is CCn1c(CNC(=O)c2nn(C)c3ccc(Cl)cc3c2=O)nc2ccccc21. The second-order valence-corrected chi connectivity index (χ2v) is 6.84. The Bertz CT molecular complexity index is 1280. The van der Waals surface area contributed by atoms with E-state index < -0.39 is 11.3 Å². The molecule has 0 aliphatic heterocycles. The molecule has 0 unspecified atom stereocenters. The summed E-state index contributed by atoms with van der Waals surface area (Å²) in [5.74, 6) is 0.176. The second-order valence-electron chi connectivity index (χ2n) is 6.41. The lowest BCUT2D eigenvalue weighted by Gasteiger charge is -2.09. The number of amides is 1. The molecule has 4 rings (SSSR count). The zero-order chi connectivity index (χ0) is 19.8. The minimum absolute atomic E-state index is 0.170. The Hall–Kier alpha value is -3.19. The van der Waals surface area contributed by atoms with Gasteiger partial charge >= 0.3 is 0 Å². The first-order valence-electron chi connectivity index (χ1n) is 8.88. The molecule has 4 aromatic rings.